The summed E-state index contributed by atoms with van der Waals surface area (Å²) in [5.74, 6) is 0. The van der Waals surface area contributed by atoms with Gasteiger partial charge < -0.3 is 10.5 Å². The minimum absolute atomic E-state index is 0.368. The molecule has 15 heavy (non-hydrogen) atoms. The Labute approximate surface area is 89.0 Å². The van der Waals surface area contributed by atoms with Gasteiger partial charge >= 0.3 is 6.18 Å². The van der Waals surface area contributed by atoms with E-state index in [0.717, 1.165) is 0 Å². The number of rotatable bonds is 4. The highest BCUT2D eigenvalue weighted by Crippen LogP contribution is 2.27. The van der Waals surface area contributed by atoms with E-state index in [-0.39, 0.29) is 11.5 Å². The fourth-order valence-electron chi connectivity index (χ4n) is 1.41. The molecule has 2 nitrogen and oxygen atoms in total. The van der Waals surface area contributed by atoms with Crippen molar-refractivity contribution in [2.24, 2.45) is 11.1 Å². The van der Waals surface area contributed by atoms with E-state index in [2.05, 4.69) is 0 Å². The first-order valence-corrected chi connectivity index (χ1v) is 5.02. The summed E-state index contributed by atoms with van der Waals surface area (Å²) in [5.41, 5.74) is 5.35. The monoisotopic (exact) mass is 227 g/mol. The van der Waals surface area contributed by atoms with Crippen LogP contribution in [0.2, 0.25) is 0 Å². The van der Waals surface area contributed by atoms with Gasteiger partial charge in [0.25, 0.3) is 0 Å². The van der Waals surface area contributed by atoms with E-state index in [1.165, 1.54) is 0 Å². The predicted octanol–water partition coefficient (Wildman–Crippen LogP) is 2.72. The third-order valence-corrected chi connectivity index (χ3v) is 2.14. The summed E-state index contributed by atoms with van der Waals surface area (Å²) in [6, 6.07) is -0.368. The fraction of sp³-hybridized carbons (Fsp3) is 1.00. The first kappa shape index (κ1) is 14.7. The highest BCUT2D eigenvalue weighted by molar-refractivity contribution is 4.83. The van der Waals surface area contributed by atoms with Crippen LogP contribution in [0.25, 0.3) is 0 Å². The van der Waals surface area contributed by atoms with E-state index < -0.39 is 18.9 Å². The van der Waals surface area contributed by atoms with Gasteiger partial charge in [-0.05, 0) is 11.8 Å². The standard InChI is InChI=1S/C10H20F3NO/c1-5-7(14)8(9(2,3)4)15-6-10(11,12)13/h7-8H,5-6,14H2,1-4H3. The van der Waals surface area contributed by atoms with E-state index in [0.29, 0.717) is 6.42 Å². The second kappa shape index (κ2) is 5.16. The minimum Gasteiger partial charge on any atom is -0.367 e. The molecule has 0 saturated carbocycles. The molecule has 0 saturated heterocycles. The Morgan fingerprint density at radius 3 is 1.93 bits per heavy atom. The van der Waals surface area contributed by atoms with Crippen molar-refractivity contribution in [2.75, 3.05) is 6.61 Å². The molecule has 2 N–H and O–H groups in total. The van der Waals surface area contributed by atoms with Gasteiger partial charge in [0, 0.05) is 6.04 Å². The molecule has 0 heterocycles. The summed E-state index contributed by atoms with van der Waals surface area (Å²) in [6.07, 6.45) is -4.28. The van der Waals surface area contributed by atoms with Crippen molar-refractivity contribution in [2.45, 2.75) is 52.4 Å². The van der Waals surface area contributed by atoms with Crippen LogP contribution in [-0.4, -0.2) is 24.9 Å². The number of hydrogen-bond acceptors (Lipinski definition) is 2. The van der Waals surface area contributed by atoms with Crippen LogP contribution in [0.3, 0.4) is 0 Å². The molecule has 0 aromatic heterocycles. The lowest BCUT2D eigenvalue weighted by Crippen LogP contribution is -2.46. The van der Waals surface area contributed by atoms with E-state index in [1.807, 2.05) is 27.7 Å². The average Bonchev–Trinajstić information content (AvgIpc) is 1.99. The molecule has 0 radical (unpaired) electrons. The van der Waals surface area contributed by atoms with Gasteiger partial charge in [0.1, 0.15) is 6.61 Å². The number of ether oxygens (including phenoxy) is 1. The van der Waals surface area contributed by atoms with Crippen LogP contribution in [0.1, 0.15) is 34.1 Å². The first-order chi connectivity index (χ1) is 6.58. The molecule has 2 atom stereocenters. The SMILES string of the molecule is CCC(N)C(OCC(F)(F)F)C(C)(C)C. The molecule has 0 bridgehead atoms. The third-order valence-electron chi connectivity index (χ3n) is 2.14. The van der Waals surface area contributed by atoms with Crippen molar-refractivity contribution < 1.29 is 17.9 Å². The van der Waals surface area contributed by atoms with Gasteiger partial charge in [-0.1, -0.05) is 27.7 Å². The van der Waals surface area contributed by atoms with Crippen LogP contribution in [0.5, 0.6) is 0 Å². The molecule has 0 amide bonds. The molecule has 0 aliphatic carbocycles. The van der Waals surface area contributed by atoms with Crippen molar-refractivity contribution in [3.63, 3.8) is 0 Å². The van der Waals surface area contributed by atoms with E-state index >= 15 is 0 Å². The third kappa shape index (κ3) is 5.99. The van der Waals surface area contributed by atoms with Gasteiger partial charge in [0.2, 0.25) is 0 Å². The number of nitrogens with two attached hydrogens (primary N) is 1. The number of halogens is 3. The summed E-state index contributed by atoms with van der Waals surface area (Å²) in [4.78, 5) is 0. The van der Waals surface area contributed by atoms with Crippen molar-refractivity contribution in [1.29, 1.82) is 0 Å². The van der Waals surface area contributed by atoms with E-state index in [4.69, 9.17) is 10.5 Å². The van der Waals surface area contributed by atoms with Gasteiger partial charge in [-0.2, -0.15) is 13.2 Å². The van der Waals surface area contributed by atoms with Crippen LogP contribution in [0.4, 0.5) is 13.2 Å². The fourth-order valence-corrected chi connectivity index (χ4v) is 1.41. The number of hydrogen-bond donors (Lipinski definition) is 1. The number of alkyl halides is 3. The van der Waals surface area contributed by atoms with Gasteiger partial charge in [0.15, 0.2) is 0 Å². The zero-order valence-corrected chi connectivity index (χ0v) is 9.69. The lowest BCUT2D eigenvalue weighted by molar-refractivity contribution is -0.197. The molecule has 2 unspecified atom stereocenters. The van der Waals surface area contributed by atoms with Crippen LogP contribution in [0, 0.1) is 5.41 Å². The lowest BCUT2D eigenvalue weighted by atomic mass is 9.84. The highest BCUT2D eigenvalue weighted by atomic mass is 19.4. The molecule has 0 fully saturated rings. The second-order valence-corrected chi connectivity index (χ2v) is 4.78. The van der Waals surface area contributed by atoms with Crippen molar-refractivity contribution in [3.05, 3.63) is 0 Å². The summed E-state index contributed by atoms with van der Waals surface area (Å²) < 4.78 is 40.9. The molecule has 0 aliphatic rings. The normalized spacial score (nSPS) is 17.6. The van der Waals surface area contributed by atoms with Gasteiger partial charge in [-0.3, -0.25) is 0 Å². The molecule has 0 spiro atoms. The van der Waals surface area contributed by atoms with Crippen molar-refractivity contribution in [1.82, 2.24) is 0 Å². The van der Waals surface area contributed by atoms with E-state index in [1.54, 1.807) is 0 Å². The maximum atomic E-state index is 12.0. The molecule has 0 aliphatic heterocycles. The summed E-state index contributed by atoms with van der Waals surface area (Å²) in [5, 5.41) is 0. The predicted molar refractivity (Wildman–Crippen MR) is 53.5 cm³/mol. The Hall–Kier alpha value is -0.290. The Morgan fingerprint density at radius 1 is 1.20 bits per heavy atom. The smallest absolute Gasteiger partial charge is 0.367 e. The van der Waals surface area contributed by atoms with Crippen molar-refractivity contribution >= 4 is 0 Å². The Kier molecular flexibility index (Phi) is 5.06. The quantitative estimate of drug-likeness (QED) is 0.801. The largest absolute Gasteiger partial charge is 0.411 e. The lowest BCUT2D eigenvalue weighted by Gasteiger charge is -2.35. The zero-order chi connectivity index (χ0) is 12.3. The zero-order valence-electron chi connectivity index (χ0n) is 9.69. The highest BCUT2D eigenvalue weighted by Gasteiger charge is 2.35. The van der Waals surface area contributed by atoms with Crippen LogP contribution < -0.4 is 5.73 Å². The Balaban J connectivity index is 4.40. The molecule has 0 aromatic carbocycles. The first-order valence-electron chi connectivity index (χ1n) is 5.02. The summed E-state index contributed by atoms with van der Waals surface area (Å²) in [6.45, 7) is 6.07. The maximum Gasteiger partial charge on any atom is 0.411 e. The maximum absolute atomic E-state index is 12.0. The minimum atomic E-state index is -4.29. The van der Waals surface area contributed by atoms with E-state index in [9.17, 15) is 13.2 Å². The summed E-state index contributed by atoms with van der Waals surface area (Å²) >= 11 is 0. The molecule has 92 valence electrons. The molecule has 0 rings (SSSR count). The van der Waals surface area contributed by atoms with Crippen molar-refractivity contribution in [3.8, 4) is 0 Å². The summed E-state index contributed by atoms with van der Waals surface area (Å²) in [7, 11) is 0. The molecule has 5 heteroatoms. The molecule has 0 aromatic rings. The molecular formula is C10H20F3NO. The van der Waals surface area contributed by atoms with Crippen LogP contribution in [0.15, 0.2) is 0 Å². The second-order valence-electron chi connectivity index (χ2n) is 4.78. The topological polar surface area (TPSA) is 35.2 Å². The van der Waals surface area contributed by atoms with Gasteiger partial charge in [-0.15, -0.1) is 0 Å². The average molecular weight is 227 g/mol. The van der Waals surface area contributed by atoms with Gasteiger partial charge in [0.05, 0.1) is 6.10 Å². The Bertz CT molecular complexity index is 186. The van der Waals surface area contributed by atoms with Crippen LogP contribution in [-0.2, 0) is 4.74 Å². The van der Waals surface area contributed by atoms with Crippen LogP contribution >= 0.6 is 0 Å². The van der Waals surface area contributed by atoms with Gasteiger partial charge in [-0.25, -0.2) is 0 Å². The molecular weight excluding hydrogens is 207 g/mol. The Morgan fingerprint density at radius 2 is 1.67 bits per heavy atom.